The third-order valence-corrected chi connectivity index (χ3v) is 5.56. The number of methoxy groups -OCH3 is 1. The number of rotatable bonds is 4. The van der Waals surface area contributed by atoms with Crippen LogP contribution in [0.25, 0.3) is 5.76 Å². The molecule has 1 aliphatic rings. The van der Waals surface area contributed by atoms with E-state index in [0.29, 0.717) is 17.0 Å². The molecule has 4 rings (SSSR count). The van der Waals surface area contributed by atoms with Crippen LogP contribution >= 0.6 is 15.9 Å². The summed E-state index contributed by atoms with van der Waals surface area (Å²) in [4.78, 5) is 27.6. The molecule has 1 fully saturated rings. The van der Waals surface area contributed by atoms with Crippen LogP contribution in [0.4, 0.5) is 5.69 Å². The van der Waals surface area contributed by atoms with E-state index in [-0.39, 0.29) is 11.3 Å². The number of ketones is 1. The fourth-order valence-electron chi connectivity index (χ4n) is 3.64. The van der Waals surface area contributed by atoms with Gasteiger partial charge in [-0.2, -0.15) is 0 Å². The summed E-state index contributed by atoms with van der Waals surface area (Å²) in [5.74, 6) is -1.28. The minimum Gasteiger partial charge on any atom is -0.507 e. The van der Waals surface area contributed by atoms with E-state index in [2.05, 4.69) is 15.9 Å². The molecular formula is C24H18BrNO4. The molecule has 0 saturated carbocycles. The zero-order chi connectivity index (χ0) is 21.3. The maximum atomic E-state index is 13.1. The Balaban J connectivity index is 1.96. The van der Waals surface area contributed by atoms with Gasteiger partial charge in [0, 0.05) is 10.2 Å². The Kier molecular flexibility index (Phi) is 5.42. The van der Waals surface area contributed by atoms with Gasteiger partial charge in [-0.1, -0.05) is 58.4 Å². The first-order chi connectivity index (χ1) is 14.5. The topological polar surface area (TPSA) is 66.8 Å². The highest BCUT2D eigenvalue weighted by molar-refractivity contribution is 9.10. The Hall–Kier alpha value is -3.38. The number of anilines is 1. The normalized spacial score (nSPS) is 17.9. The third-order valence-electron chi connectivity index (χ3n) is 5.03. The van der Waals surface area contributed by atoms with Crippen molar-refractivity contribution in [3.05, 3.63) is 100 Å². The first-order valence-corrected chi connectivity index (χ1v) is 10.1. The second-order valence-electron chi connectivity index (χ2n) is 6.76. The fourth-order valence-corrected chi connectivity index (χ4v) is 3.90. The number of carbonyl (C=O) groups is 2. The summed E-state index contributed by atoms with van der Waals surface area (Å²) in [5.41, 5.74) is 1.66. The molecule has 1 heterocycles. The van der Waals surface area contributed by atoms with Gasteiger partial charge in [0.1, 0.15) is 11.5 Å². The van der Waals surface area contributed by atoms with E-state index in [4.69, 9.17) is 4.74 Å². The molecule has 3 aromatic carbocycles. The van der Waals surface area contributed by atoms with Crippen LogP contribution in [-0.2, 0) is 9.59 Å². The molecule has 1 aliphatic heterocycles. The molecule has 0 aliphatic carbocycles. The molecule has 0 spiro atoms. The van der Waals surface area contributed by atoms with Crippen LogP contribution in [0.2, 0.25) is 0 Å². The predicted molar refractivity (Wildman–Crippen MR) is 118 cm³/mol. The molecule has 1 atom stereocenters. The predicted octanol–water partition coefficient (Wildman–Crippen LogP) is 5.08. The maximum Gasteiger partial charge on any atom is 0.300 e. The van der Waals surface area contributed by atoms with Gasteiger partial charge in [-0.15, -0.1) is 0 Å². The molecule has 3 aromatic rings. The molecule has 5 nitrogen and oxygen atoms in total. The summed E-state index contributed by atoms with van der Waals surface area (Å²) < 4.78 is 6.20. The van der Waals surface area contributed by atoms with Gasteiger partial charge in [-0.25, -0.2) is 0 Å². The van der Waals surface area contributed by atoms with E-state index in [0.717, 1.165) is 10.0 Å². The Labute approximate surface area is 182 Å². The summed E-state index contributed by atoms with van der Waals surface area (Å²) in [7, 11) is 1.49. The number of nitrogens with zero attached hydrogens (tertiary/aromatic N) is 1. The molecule has 1 unspecified atom stereocenters. The number of hydrogen-bond acceptors (Lipinski definition) is 4. The summed E-state index contributed by atoms with van der Waals surface area (Å²) in [6.07, 6.45) is 0. The Morgan fingerprint density at radius 2 is 1.57 bits per heavy atom. The summed E-state index contributed by atoms with van der Waals surface area (Å²) in [5, 5.41) is 11.2. The molecule has 0 aromatic heterocycles. The lowest BCUT2D eigenvalue weighted by Crippen LogP contribution is -2.29. The number of para-hydroxylation sites is 1. The number of Topliss-reactive ketones (excluding diaryl/α,β-unsaturated/α-hetero) is 1. The smallest absolute Gasteiger partial charge is 0.300 e. The highest BCUT2D eigenvalue weighted by atomic mass is 79.9. The van der Waals surface area contributed by atoms with E-state index >= 15 is 0 Å². The van der Waals surface area contributed by atoms with Crippen LogP contribution in [0.1, 0.15) is 17.2 Å². The van der Waals surface area contributed by atoms with Crippen LogP contribution in [0.5, 0.6) is 5.75 Å². The Bertz CT molecular complexity index is 1140. The van der Waals surface area contributed by atoms with Gasteiger partial charge in [0.05, 0.1) is 24.3 Å². The standard InChI is InChI=1S/C24H18BrNO4/c1-30-19-10-6-5-9-18(19)22(27)20-21(15-7-3-2-4-8-15)26(24(29)23(20)28)17-13-11-16(25)12-14-17/h2-14,21,27H,1H3/b22-20-. The highest BCUT2D eigenvalue weighted by Crippen LogP contribution is 2.43. The second kappa shape index (κ2) is 8.16. The number of aliphatic hydroxyl groups is 1. The summed E-state index contributed by atoms with van der Waals surface area (Å²) >= 11 is 3.39. The van der Waals surface area contributed by atoms with Crippen molar-refractivity contribution in [3.8, 4) is 5.75 Å². The average Bonchev–Trinajstić information content (AvgIpc) is 3.05. The van der Waals surface area contributed by atoms with Gasteiger partial charge in [-0.3, -0.25) is 14.5 Å². The number of ether oxygens (including phenoxy) is 1. The lowest BCUT2D eigenvalue weighted by Gasteiger charge is -2.25. The van der Waals surface area contributed by atoms with Crippen molar-refractivity contribution in [1.29, 1.82) is 0 Å². The van der Waals surface area contributed by atoms with Crippen molar-refractivity contribution in [2.45, 2.75) is 6.04 Å². The zero-order valence-electron chi connectivity index (χ0n) is 16.1. The van der Waals surface area contributed by atoms with E-state index < -0.39 is 17.7 Å². The van der Waals surface area contributed by atoms with Crippen LogP contribution in [0.15, 0.2) is 88.9 Å². The second-order valence-corrected chi connectivity index (χ2v) is 7.67. The van der Waals surface area contributed by atoms with Crippen molar-refractivity contribution in [2.24, 2.45) is 0 Å². The Morgan fingerprint density at radius 3 is 2.23 bits per heavy atom. The number of amides is 1. The van der Waals surface area contributed by atoms with Crippen molar-refractivity contribution in [3.63, 3.8) is 0 Å². The molecule has 1 saturated heterocycles. The number of benzene rings is 3. The Morgan fingerprint density at radius 1 is 0.933 bits per heavy atom. The zero-order valence-corrected chi connectivity index (χ0v) is 17.7. The summed E-state index contributed by atoms with van der Waals surface area (Å²) in [6.45, 7) is 0. The number of hydrogen-bond donors (Lipinski definition) is 1. The molecule has 150 valence electrons. The first-order valence-electron chi connectivity index (χ1n) is 9.28. The lowest BCUT2D eigenvalue weighted by molar-refractivity contribution is -0.132. The maximum absolute atomic E-state index is 13.1. The SMILES string of the molecule is COc1ccccc1/C(O)=C1/C(=O)C(=O)N(c2ccc(Br)cc2)C1c1ccccc1. The summed E-state index contributed by atoms with van der Waals surface area (Å²) in [6, 6.07) is 22.4. The van der Waals surface area contributed by atoms with Gasteiger partial charge in [0.2, 0.25) is 0 Å². The van der Waals surface area contributed by atoms with Crippen molar-refractivity contribution in [2.75, 3.05) is 12.0 Å². The first kappa shape index (κ1) is 19.9. The minimum absolute atomic E-state index is 0.0265. The number of halogens is 1. The van der Waals surface area contributed by atoms with E-state index in [1.54, 1.807) is 48.5 Å². The van der Waals surface area contributed by atoms with Gasteiger partial charge in [0.25, 0.3) is 11.7 Å². The van der Waals surface area contributed by atoms with E-state index in [9.17, 15) is 14.7 Å². The monoisotopic (exact) mass is 463 g/mol. The highest BCUT2D eigenvalue weighted by Gasteiger charge is 2.47. The van der Waals surface area contributed by atoms with E-state index in [1.807, 2.05) is 30.3 Å². The van der Waals surface area contributed by atoms with Gasteiger partial charge in [-0.05, 0) is 42.0 Å². The average molecular weight is 464 g/mol. The molecule has 6 heteroatoms. The molecule has 1 N–H and O–H groups in total. The fraction of sp³-hybridized carbons (Fsp3) is 0.0833. The third kappa shape index (κ3) is 3.39. The molecule has 0 bridgehead atoms. The van der Waals surface area contributed by atoms with Crippen LogP contribution in [-0.4, -0.2) is 23.9 Å². The quantitative estimate of drug-likeness (QED) is 0.332. The van der Waals surface area contributed by atoms with Crippen molar-refractivity contribution < 1.29 is 19.4 Å². The van der Waals surface area contributed by atoms with Gasteiger partial charge < -0.3 is 9.84 Å². The minimum atomic E-state index is -0.766. The molecular weight excluding hydrogens is 446 g/mol. The van der Waals surface area contributed by atoms with Crippen molar-refractivity contribution >= 4 is 39.1 Å². The molecule has 1 amide bonds. The van der Waals surface area contributed by atoms with Gasteiger partial charge >= 0.3 is 0 Å². The van der Waals surface area contributed by atoms with Gasteiger partial charge in [0.15, 0.2) is 0 Å². The number of aliphatic hydroxyl groups excluding tert-OH is 1. The van der Waals surface area contributed by atoms with E-state index in [1.165, 1.54) is 12.0 Å². The lowest BCUT2D eigenvalue weighted by atomic mass is 9.95. The van der Waals surface area contributed by atoms with Crippen LogP contribution < -0.4 is 9.64 Å². The molecule has 0 radical (unpaired) electrons. The number of carbonyl (C=O) groups excluding carboxylic acids is 2. The van der Waals surface area contributed by atoms with Crippen LogP contribution in [0, 0.1) is 0 Å². The largest absolute Gasteiger partial charge is 0.507 e. The molecule has 30 heavy (non-hydrogen) atoms. The van der Waals surface area contributed by atoms with Crippen molar-refractivity contribution in [1.82, 2.24) is 0 Å². The van der Waals surface area contributed by atoms with Crippen LogP contribution in [0.3, 0.4) is 0 Å².